The zero-order chi connectivity index (χ0) is 22.4. The van der Waals surface area contributed by atoms with E-state index in [1.165, 1.54) is 29.9 Å². The van der Waals surface area contributed by atoms with Crippen LogP contribution in [0.4, 0.5) is 8.78 Å². The Bertz CT molecular complexity index is 1350. The molecule has 1 unspecified atom stereocenters. The summed E-state index contributed by atoms with van der Waals surface area (Å²) in [5, 5.41) is 12.4. The van der Waals surface area contributed by atoms with Gasteiger partial charge in [0.15, 0.2) is 5.69 Å². The van der Waals surface area contributed by atoms with Crippen LogP contribution in [-0.4, -0.2) is 38.3 Å². The molecule has 4 aromatic heterocycles. The van der Waals surface area contributed by atoms with Gasteiger partial charge in [0.2, 0.25) is 0 Å². The number of alkyl halides is 2. The van der Waals surface area contributed by atoms with Gasteiger partial charge in [-0.25, -0.2) is 18.7 Å². The molecule has 0 radical (unpaired) electrons. The van der Waals surface area contributed by atoms with Gasteiger partial charge in [-0.05, 0) is 18.6 Å². The number of amides is 1. The first kappa shape index (κ1) is 20.6. The number of hydrogen-bond acceptors (Lipinski definition) is 6. The standard InChI is InChI=1S/C21H14ClF2N5O2S/c22-17-16(21(30)28-4-1-11(9-28)20-26-3-6-32-20)27-19-14(18(23)24)7-13(12-2-5-31-10-12)15(8-25)29(17)19/h2-3,5-7,10-11,18H,1,4,9H2. The van der Waals surface area contributed by atoms with Gasteiger partial charge < -0.3 is 9.32 Å². The molecule has 1 amide bonds. The first-order valence-electron chi connectivity index (χ1n) is 9.64. The Morgan fingerprint density at radius 1 is 1.44 bits per heavy atom. The lowest BCUT2D eigenvalue weighted by Gasteiger charge is -2.14. The van der Waals surface area contributed by atoms with Crippen LogP contribution in [0.1, 0.15) is 45.5 Å². The smallest absolute Gasteiger partial charge is 0.275 e. The number of carbonyl (C=O) groups is 1. The van der Waals surface area contributed by atoms with E-state index in [0.717, 1.165) is 15.8 Å². The van der Waals surface area contributed by atoms with E-state index in [9.17, 15) is 18.8 Å². The highest BCUT2D eigenvalue weighted by Gasteiger charge is 2.33. The number of thiazole rings is 1. The van der Waals surface area contributed by atoms with E-state index >= 15 is 0 Å². The summed E-state index contributed by atoms with van der Waals surface area (Å²) >= 11 is 8.01. The molecule has 0 aromatic carbocycles. The molecular weight excluding hydrogens is 460 g/mol. The SMILES string of the molecule is N#Cc1c(-c2ccoc2)cc(C(F)F)c2nc(C(=O)N3CCC(c4nccs4)C3)c(Cl)n12. The third kappa shape index (κ3) is 3.25. The number of fused-ring (bicyclic) bond motifs is 1. The molecule has 7 nitrogen and oxygen atoms in total. The van der Waals surface area contributed by atoms with Crippen LogP contribution in [0.25, 0.3) is 16.8 Å². The van der Waals surface area contributed by atoms with E-state index in [0.29, 0.717) is 18.7 Å². The minimum absolute atomic E-state index is 0.00978. The summed E-state index contributed by atoms with van der Waals surface area (Å²) in [7, 11) is 0. The molecule has 0 spiro atoms. The molecule has 32 heavy (non-hydrogen) atoms. The van der Waals surface area contributed by atoms with Crippen LogP contribution in [0, 0.1) is 11.3 Å². The van der Waals surface area contributed by atoms with Gasteiger partial charge in [0, 0.05) is 41.7 Å². The highest BCUT2D eigenvalue weighted by molar-refractivity contribution is 7.09. The fraction of sp³-hybridized carbons (Fsp3) is 0.238. The van der Waals surface area contributed by atoms with Gasteiger partial charge in [-0.2, -0.15) is 5.26 Å². The molecule has 1 aliphatic heterocycles. The molecule has 11 heteroatoms. The minimum Gasteiger partial charge on any atom is -0.472 e. The van der Waals surface area contributed by atoms with Gasteiger partial charge in [0.05, 0.1) is 23.1 Å². The first-order chi connectivity index (χ1) is 15.5. The number of nitrogens with zero attached hydrogens (tertiary/aromatic N) is 5. The normalized spacial score (nSPS) is 16.2. The molecule has 1 aliphatic rings. The number of likely N-dealkylation sites (tertiary alicyclic amines) is 1. The van der Waals surface area contributed by atoms with Crippen molar-refractivity contribution in [3.8, 4) is 17.2 Å². The fourth-order valence-corrected chi connectivity index (χ4v) is 5.04. The maximum absolute atomic E-state index is 13.9. The lowest BCUT2D eigenvalue weighted by Crippen LogP contribution is -2.29. The summed E-state index contributed by atoms with van der Waals surface area (Å²) in [5.74, 6) is -0.361. The van der Waals surface area contributed by atoms with Crippen LogP contribution in [0.2, 0.25) is 5.15 Å². The van der Waals surface area contributed by atoms with Gasteiger partial charge in [0.25, 0.3) is 12.3 Å². The second-order valence-electron chi connectivity index (χ2n) is 7.30. The lowest BCUT2D eigenvalue weighted by molar-refractivity contribution is 0.0785. The van der Waals surface area contributed by atoms with Crippen LogP contribution in [-0.2, 0) is 0 Å². The molecule has 1 atom stereocenters. The summed E-state index contributed by atoms with van der Waals surface area (Å²) < 4.78 is 34.0. The molecule has 1 fully saturated rings. The molecule has 5 heterocycles. The topological polar surface area (TPSA) is 87.4 Å². The first-order valence-corrected chi connectivity index (χ1v) is 10.9. The number of hydrogen-bond donors (Lipinski definition) is 0. The third-order valence-corrected chi connectivity index (χ3v) is 6.80. The summed E-state index contributed by atoms with van der Waals surface area (Å²) in [5.41, 5.74) is -0.157. The highest BCUT2D eigenvalue weighted by Crippen LogP contribution is 2.36. The van der Waals surface area contributed by atoms with Gasteiger partial charge in [0.1, 0.15) is 22.6 Å². The zero-order valence-corrected chi connectivity index (χ0v) is 17.9. The van der Waals surface area contributed by atoms with Gasteiger partial charge in [-0.3, -0.25) is 9.20 Å². The van der Waals surface area contributed by atoms with Crippen LogP contribution in [0.3, 0.4) is 0 Å². The fourth-order valence-electron chi connectivity index (χ4n) is 3.98. The van der Waals surface area contributed by atoms with E-state index in [-0.39, 0.29) is 33.7 Å². The number of furan rings is 1. The van der Waals surface area contributed by atoms with Gasteiger partial charge >= 0.3 is 0 Å². The van der Waals surface area contributed by atoms with Crippen LogP contribution in [0.15, 0.2) is 40.7 Å². The predicted octanol–water partition coefficient (Wildman–Crippen LogP) is 5.14. The van der Waals surface area contributed by atoms with Crippen LogP contribution >= 0.6 is 22.9 Å². The number of imidazole rings is 1. The van der Waals surface area contributed by atoms with E-state index < -0.39 is 17.9 Å². The number of aromatic nitrogens is 3. The summed E-state index contributed by atoms with van der Waals surface area (Å²) in [6, 6.07) is 4.74. The maximum Gasteiger partial charge on any atom is 0.275 e. The quantitative estimate of drug-likeness (QED) is 0.409. The Morgan fingerprint density at radius 3 is 2.94 bits per heavy atom. The Hall–Kier alpha value is -3.29. The Labute approximate surface area is 189 Å². The lowest BCUT2D eigenvalue weighted by atomic mass is 10.0. The van der Waals surface area contributed by atoms with Gasteiger partial charge in [-0.1, -0.05) is 11.6 Å². The molecule has 0 bridgehead atoms. The third-order valence-electron chi connectivity index (χ3n) is 5.51. The van der Waals surface area contributed by atoms with Crippen molar-refractivity contribution in [3.05, 3.63) is 63.3 Å². The molecular formula is C21H14ClF2N5O2S. The molecule has 0 aliphatic carbocycles. The van der Waals surface area contributed by atoms with E-state index in [4.69, 9.17) is 16.0 Å². The average molecular weight is 474 g/mol. The van der Waals surface area contributed by atoms with Crippen molar-refractivity contribution in [2.45, 2.75) is 18.8 Å². The van der Waals surface area contributed by atoms with Crippen molar-refractivity contribution in [1.29, 1.82) is 5.26 Å². The summed E-state index contributed by atoms with van der Waals surface area (Å²) in [6.45, 7) is 0.907. The van der Waals surface area contributed by atoms with Crippen molar-refractivity contribution in [3.63, 3.8) is 0 Å². The number of rotatable bonds is 4. The van der Waals surface area contributed by atoms with E-state index in [1.807, 2.05) is 11.4 Å². The average Bonchev–Trinajstić information content (AvgIpc) is 3.59. The van der Waals surface area contributed by atoms with Crippen molar-refractivity contribution in [1.82, 2.24) is 19.3 Å². The molecule has 0 N–H and O–H groups in total. The van der Waals surface area contributed by atoms with E-state index in [2.05, 4.69) is 9.97 Å². The Balaban J connectivity index is 1.61. The van der Waals surface area contributed by atoms with E-state index in [1.54, 1.807) is 17.2 Å². The summed E-state index contributed by atoms with van der Waals surface area (Å²) in [4.78, 5) is 23.3. The number of nitriles is 1. The monoisotopic (exact) mass is 473 g/mol. The van der Waals surface area contributed by atoms with Crippen LogP contribution in [0.5, 0.6) is 0 Å². The zero-order valence-electron chi connectivity index (χ0n) is 16.3. The number of carbonyl (C=O) groups excluding carboxylic acids is 1. The molecule has 5 rings (SSSR count). The van der Waals surface area contributed by atoms with Crippen LogP contribution < -0.4 is 0 Å². The second kappa shape index (κ2) is 8.00. The summed E-state index contributed by atoms with van der Waals surface area (Å²) in [6.07, 6.45) is 2.28. The number of halogens is 3. The van der Waals surface area contributed by atoms with Gasteiger partial charge in [-0.15, -0.1) is 11.3 Å². The predicted molar refractivity (Wildman–Crippen MR) is 113 cm³/mol. The maximum atomic E-state index is 13.9. The molecule has 1 saturated heterocycles. The molecule has 0 saturated carbocycles. The second-order valence-corrected chi connectivity index (χ2v) is 8.59. The Kier molecular flexibility index (Phi) is 5.15. The highest BCUT2D eigenvalue weighted by atomic mass is 35.5. The van der Waals surface area contributed by atoms with Crippen molar-refractivity contribution in [2.24, 2.45) is 0 Å². The largest absolute Gasteiger partial charge is 0.472 e. The Morgan fingerprint density at radius 2 is 2.28 bits per heavy atom. The molecule has 162 valence electrons. The van der Waals surface area contributed by atoms with Crippen molar-refractivity contribution in [2.75, 3.05) is 13.1 Å². The minimum atomic E-state index is -2.89. The van der Waals surface area contributed by atoms with Crippen molar-refractivity contribution >= 4 is 34.5 Å². The number of pyridine rings is 1. The molecule has 4 aromatic rings. The van der Waals surface area contributed by atoms with Crippen molar-refractivity contribution < 1.29 is 18.0 Å².